The van der Waals surface area contributed by atoms with Gasteiger partial charge in [0.1, 0.15) is 11.5 Å². The Kier molecular flexibility index (Phi) is 5.77. The summed E-state index contributed by atoms with van der Waals surface area (Å²) in [7, 11) is -2.42. The summed E-state index contributed by atoms with van der Waals surface area (Å²) in [4.78, 5) is 5.93. The maximum Gasteiger partial charge on any atom is 0.262 e. The van der Waals surface area contributed by atoms with Gasteiger partial charge in [-0.25, -0.2) is 8.42 Å². The third-order valence-electron chi connectivity index (χ3n) is 5.39. The number of fused-ring (bicyclic) bond motifs is 2. The SMILES string of the molecule is COc1cccc(S(=O)(=O)Nc2cc(Sc3cccc4cccnc34)c(O)c3ccccc23)c1. The number of phenols is 1. The van der Waals surface area contributed by atoms with Crippen molar-refractivity contribution in [2.75, 3.05) is 11.8 Å². The van der Waals surface area contributed by atoms with Crippen LogP contribution in [-0.2, 0) is 10.0 Å². The lowest BCUT2D eigenvalue weighted by molar-refractivity contribution is 0.413. The van der Waals surface area contributed by atoms with Crippen molar-refractivity contribution in [1.29, 1.82) is 0 Å². The van der Waals surface area contributed by atoms with Gasteiger partial charge >= 0.3 is 0 Å². The van der Waals surface area contributed by atoms with E-state index in [1.54, 1.807) is 48.7 Å². The summed E-state index contributed by atoms with van der Waals surface area (Å²) in [5.74, 6) is 0.524. The molecule has 5 aromatic rings. The molecule has 0 aliphatic carbocycles. The number of hydrogen-bond acceptors (Lipinski definition) is 6. The van der Waals surface area contributed by atoms with Gasteiger partial charge in [0, 0.05) is 33.3 Å². The molecule has 0 unspecified atom stereocenters. The molecular weight excluding hydrogens is 468 g/mol. The Morgan fingerprint density at radius 3 is 2.47 bits per heavy atom. The molecule has 0 aliphatic heterocycles. The minimum atomic E-state index is -3.91. The highest BCUT2D eigenvalue weighted by molar-refractivity contribution is 7.99. The second-order valence-corrected chi connectivity index (χ2v) is 10.3. The number of sulfonamides is 1. The van der Waals surface area contributed by atoms with Crippen LogP contribution in [-0.4, -0.2) is 25.6 Å². The van der Waals surface area contributed by atoms with Gasteiger partial charge in [-0.3, -0.25) is 9.71 Å². The minimum Gasteiger partial charge on any atom is -0.506 e. The molecule has 1 heterocycles. The second-order valence-electron chi connectivity index (χ2n) is 7.53. The number of para-hydroxylation sites is 1. The van der Waals surface area contributed by atoms with Crippen LogP contribution >= 0.6 is 11.8 Å². The Labute approximate surface area is 201 Å². The Balaban J connectivity index is 1.62. The Bertz CT molecular complexity index is 1630. The number of nitrogens with zero attached hydrogens (tertiary/aromatic N) is 1. The van der Waals surface area contributed by atoms with E-state index in [9.17, 15) is 13.5 Å². The highest BCUT2D eigenvalue weighted by Gasteiger charge is 2.20. The predicted octanol–water partition coefficient (Wildman–Crippen LogP) is 6.05. The van der Waals surface area contributed by atoms with Gasteiger partial charge in [-0.05, 0) is 30.3 Å². The van der Waals surface area contributed by atoms with Gasteiger partial charge in [0.05, 0.1) is 28.1 Å². The van der Waals surface area contributed by atoms with E-state index in [1.807, 2.05) is 30.3 Å². The number of benzene rings is 4. The monoisotopic (exact) mass is 488 g/mol. The Hall–Kier alpha value is -3.75. The molecule has 34 heavy (non-hydrogen) atoms. The first-order chi connectivity index (χ1) is 16.5. The van der Waals surface area contributed by atoms with E-state index >= 15 is 0 Å². The van der Waals surface area contributed by atoms with E-state index in [0.717, 1.165) is 15.8 Å². The Morgan fingerprint density at radius 1 is 0.882 bits per heavy atom. The molecule has 8 heteroatoms. The molecule has 0 atom stereocenters. The first-order valence-corrected chi connectivity index (χ1v) is 12.7. The molecule has 0 saturated heterocycles. The molecule has 0 bridgehead atoms. The normalized spacial score (nSPS) is 11.6. The van der Waals surface area contributed by atoms with Gasteiger partial charge in [-0.15, -0.1) is 0 Å². The molecule has 1 aromatic heterocycles. The van der Waals surface area contributed by atoms with Crippen molar-refractivity contribution < 1.29 is 18.3 Å². The van der Waals surface area contributed by atoms with E-state index in [4.69, 9.17) is 4.74 Å². The quantitative estimate of drug-likeness (QED) is 0.283. The average Bonchev–Trinajstić information content (AvgIpc) is 2.87. The van der Waals surface area contributed by atoms with Crippen molar-refractivity contribution in [3.63, 3.8) is 0 Å². The molecule has 0 aliphatic rings. The Morgan fingerprint density at radius 2 is 1.65 bits per heavy atom. The number of rotatable bonds is 6. The zero-order valence-corrected chi connectivity index (χ0v) is 19.7. The summed E-state index contributed by atoms with van der Waals surface area (Å²) in [6, 6.07) is 24.7. The molecule has 0 amide bonds. The van der Waals surface area contributed by atoms with Crippen molar-refractivity contribution in [1.82, 2.24) is 4.98 Å². The van der Waals surface area contributed by atoms with E-state index in [-0.39, 0.29) is 10.6 Å². The summed E-state index contributed by atoms with van der Waals surface area (Å²) < 4.78 is 34.3. The van der Waals surface area contributed by atoms with Crippen LogP contribution in [0.5, 0.6) is 11.5 Å². The van der Waals surface area contributed by atoms with Crippen molar-refractivity contribution in [3.05, 3.63) is 91.1 Å². The van der Waals surface area contributed by atoms with Crippen LogP contribution in [0.25, 0.3) is 21.7 Å². The third-order valence-corrected chi connectivity index (χ3v) is 7.84. The van der Waals surface area contributed by atoms with Gasteiger partial charge in [-0.1, -0.05) is 60.3 Å². The van der Waals surface area contributed by atoms with Crippen LogP contribution in [0.2, 0.25) is 0 Å². The van der Waals surface area contributed by atoms with Crippen LogP contribution in [0.1, 0.15) is 0 Å². The molecule has 0 saturated carbocycles. The van der Waals surface area contributed by atoms with Crippen LogP contribution < -0.4 is 9.46 Å². The molecule has 0 spiro atoms. The minimum absolute atomic E-state index is 0.0801. The average molecular weight is 489 g/mol. The smallest absolute Gasteiger partial charge is 0.262 e. The summed E-state index contributed by atoms with van der Waals surface area (Å²) in [6.07, 6.45) is 1.72. The molecule has 170 valence electrons. The van der Waals surface area contributed by atoms with Gasteiger partial charge in [0.2, 0.25) is 0 Å². The van der Waals surface area contributed by atoms with E-state index in [0.29, 0.717) is 27.1 Å². The lowest BCUT2D eigenvalue weighted by Crippen LogP contribution is -2.13. The first kappa shape index (κ1) is 22.1. The van der Waals surface area contributed by atoms with Gasteiger partial charge in [0.25, 0.3) is 10.0 Å². The van der Waals surface area contributed by atoms with Crippen LogP contribution in [0.3, 0.4) is 0 Å². The third kappa shape index (κ3) is 4.13. The van der Waals surface area contributed by atoms with Crippen LogP contribution in [0.15, 0.2) is 106 Å². The topological polar surface area (TPSA) is 88.5 Å². The van der Waals surface area contributed by atoms with Crippen LogP contribution in [0, 0.1) is 0 Å². The molecule has 0 fully saturated rings. The number of methoxy groups -OCH3 is 1. The fraction of sp³-hybridized carbons (Fsp3) is 0.0385. The molecule has 0 radical (unpaired) electrons. The highest BCUT2D eigenvalue weighted by Crippen LogP contribution is 2.44. The number of anilines is 1. The standard InChI is InChI=1S/C26H20N2O4S2/c1-32-18-9-5-10-19(15-18)34(30,31)28-22-16-24(26(29)21-12-3-2-11-20(21)22)33-23-13-4-7-17-8-6-14-27-25(17)23/h2-16,28-29H,1H3. The van der Waals surface area contributed by atoms with E-state index in [2.05, 4.69) is 9.71 Å². The van der Waals surface area contributed by atoms with E-state index < -0.39 is 10.0 Å². The highest BCUT2D eigenvalue weighted by atomic mass is 32.2. The molecule has 4 aromatic carbocycles. The largest absolute Gasteiger partial charge is 0.506 e. The molecule has 5 rings (SSSR count). The molecule has 6 nitrogen and oxygen atoms in total. The number of aromatic hydroxyl groups is 1. The van der Waals surface area contributed by atoms with Crippen LogP contribution in [0.4, 0.5) is 5.69 Å². The zero-order valence-electron chi connectivity index (χ0n) is 18.1. The first-order valence-electron chi connectivity index (χ1n) is 10.4. The summed E-state index contributed by atoms with van der Waals surface area (Å²) in [6.45, 7) is 0. The maximum absolute atomic E-state index is 13.2. The number of pyridine rings is 1. The number of aromatic nitrogens is 1. The van der Waals surface area contributed by atoms with E-state index in [1.165, 1.54) is 31.0 Å². The fourth-order valence-electron chi connectivity index (χ4n) is 3.75. The second kappa shape index (κ2) is 8.89. The van der Waals surface area contributed by atoms with Crippen molar-refractivity contribution in [3.8, 4) is 11.5 Å². The number of hydrogen-bond donors (Lipinski definition) is 2. The molecular formula is C26H20N2O4S2. The van der Waals surface area contributed by atoms with Gasteiger partial charge in [0.15, 0.2) is 0 Å². The lowest BCUT2D eigenvalue weighted by atomic mass is 10.1. The van der Waals surface area contributed by atoms with Gasteiger partial charge in [-0.2, -0.15) is 0 Å². The fourth-order valence-corrected chi connectivity index (χ4v) is 5.89. The number of nitrogens with one attached hydrogen (secondary N) is 1. The number of phenolic OH excluding ortho intramolecular Hbond substituents is 1. The summed E-state index contributed by atoms with van der Waals surface area (Å²) in [5.41, 5.74) is 1.17. The predicted molar refractivity (Wildman–Crippen MR) is 135 cm³/mol. The summed E-state index contributed by atoms with van der Waals surface area (Å²) >= 11 is 1.33. The van der Waals surface area contributed by atoms with Crippen molar-refractivity contribution in [2.24, 2.45) is 0 Å². The van der Waals surface area contributed by atoms with Crippen molar-refractivity contribution >= 4 is 49.1 Å². The zero-order chi connectivity index (χ0) is 23.7. The van der Waals surface area contributed by atoms with Gasteiger partial charge < -0.3 is 9.84 Å². The number of ether oxygens (including phenoxy) is 1. The van der Waals surface area contributed by atoms with Crippen molar-refractivity contribution in [2.45, 2.75) is 14.7 Å². The maximum atomic E-state index is 13.2. The summed E-state index contributed by atoms with van der Waals surface area (Å²) in [5, 5.41) is 13.2. The molecule has 2 N–H and O–H groups in total. The lowest BCUT2D eigenvalue weighted by Gasteiger charge is -2.15.